The Labute approximate surface area is 110 Å². The van der Waals surface area contributed by atoms with Crippen LogP contribution in [0.5, 0.6) is 0 Å². The molecule has 112 valence electrons. The lowest BCUT2D eigenvalue weighted by Crippen LogP contribution is -2.46. The molecule has 0 aromatic carbocycles. The third kappa shape index (κ3) is 7.66. The number of halogens is 3. The van der Waals surface area contributed by atoms with Crippen molar-refractivity contribution < 1.29 is 22.8 Å². The maximum Gasteiger partial charge on any atom is 0.406 e. The molecule has 0 aromatic rings. The van der Waals surface area contributed by atoms with E-state index in [1.165, 1.54) is 14.1 Å². The van der Waals surface area contributed by atoms with E-state index >= 15 is 0 Å². The number of nitrogens with zero attached hydrogens (tertiary/aromatic N) is 2. The van der Waals surface area contributed by atoms with Crippen LogP contribution in [0.3, 0.4) is 0 Å². The van der Waals surface area contributed by atoms with Crippen LogP contribution >= 0.6 is 0 Å². The molecule has 2 amide bonds. The van der Waals surface area contributed by atoms with Crippen molar-refractivity contribution in [2.45, 2.75) is 32.0 Å². The smallest absolute Gasteiger partial charge is 0.347 e. The molecule has 1 atom stereocenters. The molecule has 0 bridgehead atoms. The number of amides is 2. The fourth-order valence-corrected chi connectivity index (χ4v) is 1.25. The van der Waals surface area contributed by atoms with Crippen LogP contribution < -0.4 is 5.73 Å². The van der Waals surface area contributed by atoms with Gasteiger partial charge in [0.1, 0.15) is 13.1 Å². The second-order valence-corrected chi connectivity index (χ2v) is 4.53. The van der Waals surface area contributed by atoms with E-state index in [0.29, 0.717) is 11.3 Å². The molecule has 2 N–H and O–H groups in total. The van der Waals surface area contributed by atoms with Crippen LogP contribution in [0.4, 0.5) is 13.2 Å². The van der Waals surface area contributed by atoms with Gasteiger partial charge < -0.3 is 15.5 Å². The molecule has 0 heterocycles. The molecule has 0 radical (unpaired) electrons. The first-order valence-corrected chi connectivity index (χ1v) is 5.87. The Hall–Kier alpha value is -1.31. The second kappa shape index (κ2) is 7.32. The van der Waals surface area contributed by atoms with Crippen LogP contribution in [0.25, 0.3) is 0 Å². The van der Waals surface area contributed by atoms with Crippen molar-refractivity contribution in [2.75, 3.05) is 27.2 Å². The van der Waals surface area contributed by atoms with Crippen molar-refractivity contribution in [3.05, 3.63) is 0 Å². The second-order valence-electron chi connectivity index (χ2n) is 4.53. The standard InChI is InChI=1S/C11H20F3N3O2/c1-4-8(15)5-9(18)17(7-11(12,13)14)6-10(19)16(2)3/h8H,4-7,15H2,1-3H3. The molecule has 0 saturated heterocycles. The molecule has 19 heavy (non-hydrogen) atoms. The number of carbonyl (C=O) groups excluding carboxylic acids is 2. The first-order chi connectivity index (χ1) is 8.56. The van der Waals surface area contributed by atoms with Gasteiger partial charge in [0.2, 0.25) is 11.8 Å². The Kier molecular flexibility index (Phi) is 6.82. The van der Waals surface area contributed by atoms with Crippen LogP contribution in [0, 0.1) is 0 Å². The van der Waals surface area contributed by atoms with Gasteiger partial charge in [0.15, 0.2) is 0 Å². The van der Waals surface area contributed by atoms with Crippen molar-refractivity contribution in [1.29, 1.82) is 0 Å². The summed E-state index contributed by atoms with van der Waals surface area (Å²) >= 11 is 0. The fourth-order valence-electron chi connectivity index (χ4n) is 1.25. The van der Waals surface area contributed by atoms with Gasteiger partial charge in [-0.15, -0.1) is 0 Å². The zero-order valence-electron chi connectivity index (χ0n) is 11.3. The van der Waals surface area contributed by atoms with Crippen LogP contribution in [-0.2, 0) is 9.59 Å². The molecule has 5 nitrogen and oxygen atoms in total. The zero-order chi connectivity index (χ0) is 15.2. The van der Waals surface area contributed by atoms with Crippen molar-refractivity contribution in [1.82, 2.24) is 9.80 Å². The number of hydrogen-bond donors (Lipinski definition) is 1. The number of rotatable bonds is 6. The van der Waals surface area contributed by atoms with Crippen molar-refractivity contribution in [3.8, 4) is 0 Å². The SMILES string of the molecule is CCC(N)CC(=O)N(CC(=O)N(C)C)CC(F)(F)F. The van der Waals surface area contributed by atoms with E-state index in [1.807, 2.05) is 0 Å². The van der Waals surface area contributed by atoms with Gasteiger partial charge in [0.25, 0.3) is 0 Å². The quantitative estimate of drug-likeness (QED) is 0.776. The lowest BCUT2D eigenvalue weighted by atomic mass is 10.1. The molecule has 8 heteroatoms. The molecule has 0 saturated carbocycles. The molecular formula is C11H20F3N3O2. The van der Waals surface area contributed by atoms with Crippen molar-refractivity contribution in [2.24, 2.45) is 5.73 Å². The van der Waals surface area contributed by atoms with E-state index in [1.54, 1.807) is 6.92 Å². The van der Waals surface area contributed by atoms with E-state index in [0.717, 1.165) is 4.90 Å². The summed E-state index contributed by atoms with van der Waals surface area (Å²) in [4.78, 5) is 24.8. The maximum absolute atomic E-state index is 12.4. The summed E-state index contributed by atoms with van der Waals surface area (Å²) in [5, 5.41) is 0. The average Bonchev–Trinajstić information content (AvgIpc) is 2.25. The molecule has 0 aliphatic carbocycles. The molecule has 0 fully saturated rings. The van der Waals surface area contributed by atoms with Gasteiger partial charge in [-0.1, -0.05) is 6.92 Å². The average molecular weight is 283 g/mol. The van der Waals surface area contributed by atoms with Crippen LogP contribution in [-0.4, -0.2) is 61.0 Å². The Bertz CT molecular complexity index is 319. The van der Waals surface area contributed by atoms with Gasteiger partial charge in [0.05, 0.1) is 0 Å². The van der Waals surface area contributed by atoms with E-state index in [-0.39, 0.29) is 6.42 Å². The summed E-state index contributed by atoms with van der Waals surface area (Å²) in [6.45, 7) is -0.305. The van der Waals surface area contributed by atoms with Gasteiger partial charge in [-0.05, 0) is 6.42 Å². The summed E-state index contributed by atoms with van der Waals surface area (Å²) in [6, 6.07) is -0.502. The van der Waals surface area contributed by atoms with E-state index in [9.17, 15) is 22.8 Å². The van der Waals surface area contributed by atoms with Crippen molar-refractivity contribution >= 4 is 11.8 Å². The first kappa shape index (κ1) is 17.7. The Balaban J connectivity index is 4.76. The third-order valence-electron chi connectivity index (χ3n) is 2.51. The van der Waals surface area contributed by atoms with Gasteiger partial charge in [0, 0.05) is 26.6 Å². The minimum absolute atomic E-state index is 0.201. The highest BCUT2D eigenvalue weighted by Crippen LogP contribution is 2.17. The number of hydrogen-bond acceptors (Lipinski definition) is 3. The van der Waals surface area contributed by atoms with Crippen LogP contribution in [0.2, 0.25) is 0 Å². The van der Waals surface area contributed by atoms with Crippen LogP contribution in [0.15, 0.2) is 0 Å². The highest BCUT2D eigenvalue weighted by atomic mass is 19.4. The molecule has 0 rings (SSSR count). The minimum Gasteiger partial charge on any atom is -0.347 e. The number of nitrogens with two attached hydrogens (primary N) is 1. The molecular weight excluding hydrogens is 263 g/mol. The fraction of sp³-hybridized carbons (Fsp3) is 0.818. The predicted octanol–water partition coefficient (Wildman–Crippen LogP) is 0.593. The zero-order valence-corrected chi connectivity index (χ0v) is 11.3. The summed E-state index contributed by atoms with van der Waals surface area (Å²) in [5.41, 5.74) is 5.54. The molecule has 0 aromatic heterocycles. The van der Waals surface area contributed by atoms with E-state index in [2.05, 4.69) is 0 Å². The number of alkyl halides is 3. The summed E-state index contributed by atoms with van der Waals surface area (Å²) in [6.07, 6.45) is -4.26. The van der Waals surface area contributed by atoms with Crippen LogP contribution in [0.1, 0.15) is 19.8 Å². The van der Waals surface area contributed by atoms with Gasteiger partial charge in [-0.25, -0.2) is 0 Å². The highest BCUT2D eigenvalue weighted by Gasteiger charge is 2.34. The molecule has 0 aliphatic rings. The molecule has 0 aliphatic heterocycles. The van der Waals surface area contributed by atoms with Gasteiger partial charge in [-0.3, -0.25) is 9.59 Å². The normalized spacial score (nSPS) is 13.0. The van der Waals surface area contributed by atoms with Gasteiger partial charge in [-0.2, -0.15) is 13.2 Å². The predicted molar refractivity (Wildman–Crippen MR) is 64.2 cm³/mol. The Morgan fingerprint density at radius 1 is 1.21 bits per heavy atom. The largest absolute Gasteiger partial charge is 0.406 e. The summed E-state index contributed by atoms with van der Waals surface area (Å²) in [7, 11) is 2.83. The minimum atomic E-state index is -4.54. The first-order valence-electron chi connectivity index (χ1n) is 5.87. The van der Waals surface area contributed by atoms with E-state index in [4.69, 9.17) is 5.73 Å². The lowest BCUT2D eigenvalue weighted by molar-refractivity contribution is -0.164. The lowest BCUT2D eigenvalue weighted by Gasteiger charge is -2.25. The Morgan fingerprint density at radius 3 is 2.11 bits per heavy atom. The number of carbonyl (C=O) groups is 2. The van der Waals surface area contributed by atoms with E-state index < -0.39 is 37.1 Å². The third-order valence-corrected chi connectivity index (χ3v) is 2.51. The number of likely N-dealkylation sites (N-methyl/N-ethyl adjacent to an activating group) is 1. The monoisotopic (exact) mass is 283 g/mol. The maximum atomic E-state index is 12.4. The van der Waals surface area contributed by atoms with Gasteiger partial charge >= 0.3 is 6.18 Å². The summed E-state index contributed by atoms with van der Waals surface area (Å²) in [5.74, 6) is -1.33. The Morgan fingerprint density at radius 2 is 1.74 bits per heavy atom. The van der Waals surface area contributed by atoms with Crippen molar-refractivity contribution in [3.63, 3.8) is 0 Å². The molecule has 1 unspecified atom stereocenters. The highest BCUT2D eigenvalue weighted by molar-refractivity contribution is 5.84. The molecule has 0 spiro atoms. The summed E-state index contributed by atoms with van der Waals surface area (Å²) < 4.78 is 37.2. The topological polar surface area (TPSA) is 66.6 Å².